The van der Waals surface area contributed by atoms with E-state index in [0.29, 0.717) is 17.5 Å². The number of carbonyl (C=O) groups is 1. The first-order valence-electron chi connectivity index (χ1n) is 6.51. The Bertz CT molecular complexity index is 715. The molecule has 3 rings (SSSR count). The molecule has 0 fully saturated rings. The van der Waals surface area contributed by atoms with Crippen molar-refractivity contribution in [2.75, 3.05) is 12.4 Å². The highest BCUT2D eigenvalue weighted by molar-refractivity contribution is 5.91. The van der Waals surface area contributed by atoms with E-state index in [1.807, 2.05) is 6.07 Å². The lowest BCUT2D eigenvalue weighted by molar-refractivity contribution is 0.0601. The minimum absolute atomic E-state index is 0.136. The first-order valence-corrected chi connectivity index (χ1v) is 6.51. The lowest BCUT2D eigenvalue weighted by Gasteiger charge is -2.12. The second kappa shape index (κ2) is 5.16. The van der Waals surface area contributed by atoms with Crippen molar-refractivity contribution < 1.29 is 18.3 Å². The average molecular weight is 289 g/mol. The molecule has 0 amide bonds. The van der Waals surface area contributed by atoms with E-state index in [0.717, 1.165) is 17.3 Å². The van der Waals surface area contributed by atoms with Gasteiger partial charge in [-0.05, 0) is 41.8 Å². The Labute approximate surface area is 120 Å². The maximum Gasteiger partial charge on any atom is 0.337 e. The third kappa shape index (κ3) is 2.46. The van der Waals surface area contributed by atoms with Crippen molar-refractivity contribution in [3.05, 3.63) is 64.7 Å². The summed E-state index contributed by atoms with van der Waals surface area (Å²) >= 11 is 0. The van der Waals surface area contributed by atoms with Gasteiger partial charge in [-0.3, -0.25) is 0 Å². The highest BCUT2D eigenvalue weighted by atomic mass is 19.2. The van der Waals surface area contributed by atoms with Gasteiger partial charge in [-0.15, -0.1) is 0 Å². The highest BCUT2D eigenvalue weighted by Gasteiger charge is 2.24. The Morgan fingerprint density at radius 3 is 2.71 bits per heavy atom. The van der Waals surface area contributed by atoms with Gasteiger partial charge in [-0.1, -0.05) is 12.1 Å². The van der Waals surface area contributed by atoms with Gasteiger partial charge in [0.2, 0.25) is 0 Å². The summed E-state index contributed by atoms with van der Waals surface area (Å²) in [6.07, 6.45) is 0.655. The van der Waals surface area contributed by atoms with Gasteiger partial charge in [-0.25, -0.2) is 13.6 Å². The largest absolute Gasteiger partial charge is 0.465 e. The molecule has 0 saturated carbocycles. The number of benzene rings is 2. The number of anilines is 1. The first-order chi connectivity index (χ1) is 10.1. The summed E-state index contributed by atoms with van der Waals surface area (Å²) in [5.41, 5.74) is 2.96. The number of hydrogen-bond donors (Lipinski definition) is 1. The average Bonchev–Trinajstić information content (AvgIpc) is 2.92. The summed E-state index contributed by atoms with van der Waals surface area (Å²) in [6.45, 7) is 0. The number of carbonyl (C=O) groups excluding carboxylic acids is 1. The van der Waals surface area contributed by atoms with E-state index in [2.05, 4.69) is 10.1 Å². The predicted octanol–water partition coefficient (Wildman–Crippen LogP) is 3.46. The minimum Gasteiger partial charge on any atom is -0.465 e. The summed E-state index contributed by atoms with van der Waals surface area (Å²) in [6, 6.07) is 8.98. The summed E-state index contributed by atoms with van der Waals surface area (Å²) in [7, 11) is 1.33. The SMILES string of the molecule is COC(=O)c1ccc2c(c1)NC(c1ccc(F)c(F)c1)C2. The van der Waals surface area contributed by atoms with Crippen LogP contribution < -0.4 is 5.32 Å². The third-order valence-electron chi connectivity index (χ3n) is 3.63. The number of ether oxygens (including phenoxy) is 1. The maximum atomic E-state index is 13.3. The Hall–Kier alpha value is -2.43. The van der Waals surface area contributed by atoms with Crippen LogP contribution in [0.5, 0.6) is 0 Å². The van der Waals surface area contributed by atoms with Crippen LogP contribution in [-0.2, 0) is 11.2 Å². The van der Waals surface area contributed by atoms with Crippen LogP contribution in [0.4, 0.5) is 14.5 Å². The Morgan fingerprint density at radius 1 is 1.19 bits per heavy atom. The molecule has 2 aromatic rings. The van der Waals surface area contributed by atoms with Crippen LogP contribution in [-0.4, -0.2) is 13.1 Å². The molecule has 1 heterocycles. The third-order valence-corrected chi connectivity index (χ3v) is 3.63. The molecule has 0 radical (unpaired) electrons. The lowest BCUT2D eigenvalue weighted by atomic mass is 10.0. The first kappa shape index (κ1) is 13.5. The molecule has 0 saturated heterocycles. The molecule has 0 bridgehead atoms. The number of rotatable bonds is 2. The molecular weight excluding hydrogens is 276 g/mol. The maximum absolute atomic E-state index is 13.3. The van der Waals surface area contributed by atoms with Gasteiger partial charge in [0.25, 0.3) is 0 Å². The molecule has 3 nitrogen and oxygen atoms in total. The molecule has 1 unspecified atom stereocenters. The summed E-state index contributed by atoms with van der Waals surface area (Å²) < 4.78 is 31.0. The lowest BCUT2D eigenvalue weighted by Crippen LogP contribution is -2.06. The molecule has 0 aliphatic carbocycles. The van der Waals surface area contributed by atoms with Crippen LogP contribution in [0.25, 0.3) is 0 Å². The number of nitrogens with one attached hydrogen (secondary N) is 1. The van der Waals surface area contributed by atoms with E-state index in [1.165, 1.54) is 13.2 Å². The van der Waals surface area contributed by atoms with Gasteiger partial charge in [0.1, 0.15) is 0 Å². The second-order valence-corrected chi connectivity index (χ2v) is 4.94. The van der Waals surface area contributed by atoms with Crippen LogP contribution in [0.3, 0.4) is 0 Å². The number of esters is 1. The number of methoxy groups -OCH3 is 1. The molecule has 0 spiro atoms. The molecule has 1 aliphatic rings. The van der Waals surface area contributed by atoms with E-state index < -0.39 is 17.6 Å². The molecule has 1 aliphatic heterocycles. The standard InChI is InChI=1S/C16H13F2NO2/c1-21-16(20)11-3-2-10-7-14(19-15(10)8-11)9-4-5-12(17)13(18)6-9/h2-6,8,14,19H,7H2,1H3. The summed E-state index contributed by atoms with van der Waals surface area (Å²) in [5, 5.41) is 3.22. The Balaban J connectivity index is 1.87. The van der Waals surface area contributed by atoms with Crippen LogP contribution in [0.1, 0.15) is 27.5 Å². The second-order valence-electron chi connectivity index (χ2n) is 4.94. The van der Waals surface area contributed by atoms with Gasteiger partial charge in [-0.2, -0.15) is 0 Å². The molecule has 21 heavy (non-hydrogen) atoms. The fraction of sp³-hybridized carbons (Fsp3) is 0.188. The Morgan fingerprint density at radius 2 is 2.00 bits per heavy atom. The van der Waals surface area contributed by atoms with Crippen molar-refractivity contribution in [2.24, 2.45) is 0 Å². The summed E-state index contributed by atoms with van der Waals surface area (Å²) in [5.74, 6) is -2.13. The zero-order valence-corrected chi connectivity index (χ0v) is 11.3. The Kier molecular flexibility index (Phi) is 3.33. The van der Waals surface area contributed by atoms with Crippen molar-refractivity contribution in [1.29, 1.82) is 0 Å². The smallest absolute Gasteiger partial charge is 0.337 e. The number of hydrogen-bond acceptors (Lipinski definition) is 3. The highest BCUT2D eigenvalue weighted by Crippen LogP contribution is 2.35. The normalized spacial score (nSPS) is 16.2. The predicted molar refractivity (Wildman–Crippen MR) is 74.2 cm³/mol. The van der Waals surface area contributed by atoms with E-state index >= 15 is 0 Å². The molecule has 2 aromatic carbocycles. The zero-order chi connectivity index (χ0) is 15.0. The van der Waals surface area contributed by atoms with Gasteiger partial charge in [0.15, 0.2) is 11.6 Å². The fourth-order valence-corrected chi connectivity index (χ4v) is 2.52. The summed E-state index contributed by atoms with van der Waals surface area (Å²) in [4.78, 5) is 11.5. The van der Waals surface area contributed by atoms with Gasteiger partial charge in [0, 0.05) is 5.69 Å². The van der Waals surface area contributed by atoms with E-state index in [9.17, 15) is 13.6 Å². The van der Waals surface area contributed by atoms with Crippen molar-refractivity contribution in [3.8, 4) is 0 Å². The van der Waals surface area contributed by atoms with Crippen LogP contribution in [0.2, 0.25) is 0 Å². The molecular formula is C16H13F2NO2. The van der Waals surface area contributed by atoms with Crippen molar-refractivity contribution in [2.45, 2.75) is 12.5 Å². The van der Waals surface area contributed by atoms with E-state index in [1.54, 1.807) is 18.2 Å². The fourth-order valence-electron chi connectivity index (χ4n) is 2.52. The van der Waals surface area contributed by atoms with Gasteiger partial charge < -0.3 is 10.1 Å². The quantitative estimate of drug-likeness (QED) is 0.860. The topological polar surface area (TPSA) is 38.3 Å². The van der Waals surface area contributed by atoms with Gasteiger partial charge >= 0.3 is 5.97 Å². The molecule has 1 N–H and O–H groups in total. The number of fused-ring (bicyclic) bond motifs is 1. The van der Waals surface area contributed by atoms with Gasteiger partial charge in [0.05, 0.1) is 18.7 Å². The molecule has 0 aromatic heterocycles. The van der Waals surface area contributed by atoms with Crippen molar-refractivity contribution in [3.63, 3.8) is 0 Å². The van der Waals surface area contributed by atoms with E-state index in [4.69, 9.17) is 0 Å². The zero-order valence-electron chi connectivity index (χ0n) is 11.3. The molecule has 1 atom stereocenters. The van der Waals surface area contributed by atoms with Crippen molar-refractivity contribution in [1.82, 2.24) is 0 Å². The molecule has 108 valence electrons. The van der Waals surface area contributed by atoms with Crippen LogP contribution >= 0.6 is 0 Å². The number of halogens is 2. The van der Waals surface area contributed by atoms with E-state index in [-0.39, 0.29) is 6.04 Å². The minimum atomic E-state index is -0.861. The molecule has 5 heteroatoms. The van der Waals surface area contributed by atoms with Crippen molar-refractivity contribution >= 4 is 11.7 Å². The van der Waals surface area contributed by atoms with Crippen LogP contribution in [0.15, 0.2) is 36.4 Å². The van der Waals surface area contributed by atoms with Crippen LogP contribution in [0, 0.1) is 11.6 Å². The monoisotopic (exact) mass is 289 g/mol.